The van der Waals surface area contributed by atoms with Gasteiger partial charge in [0.15, 0.2) is 0 Å². The fourth-order valence-corrected chi connectivity index (χ4v) is 4.40. The van der Waals surface area contributed by atoms with Crippen LogP contribution < -0.4 is 5.56 Å². The number of non-ortho nitro benzene ring substituents is 1. The fraction of sp³-hybridized carbons (Fsp3) is 0.100. The summed E-state index contributed by atoms with van der Waals surface area (Å²) in [5.41, 5.74) is 2.58. The highest BCUT2D eigenvalue weighted by molar-refractivity contribution is 9.10. The molecule has 140 valence electrons. The summed E-state index contributed by atoms with van der Waals surface area (Å²) in [5, 5.41) is 11.4. The summed E-state index contributed by atoms with van der Waals surface area (Å²) in [5.74, 6) is 0. The lowest BCUT2D eigenvalue weighted by molar-refractivity contribution is -0.384. The highest BCUT2D eigenvalue weighted by Crippen LogP contribution is 2.35. The predicted molar refractivity (Wildman–Crippen MR) is 114 cm³/mol. The van der Waals surface area contributed by atoms with E-state index in [1.54, 1.807) is 12.1 Å². The number of benzene rings is 2. The van der Waals surface area contributed by atoms with Gasteiger partial charge in [-0.1, -0.05) is 40.2 Å². The molecule has 0 spiro atoms. The van der Waals surface area contributed by atoms with Crippen molar-refractivity contribution >= 4 is 43.2 Å². The quantitative estimate of drug-likeness (QED) is 0.314. The summed E-state index contributed by atoms with van der Waals surface area (Å²) in [6.07, 6.45) is 1.54. The van der Waals surface area contributed by atoms with E-state index in [1.165, 1.54) is 34.4 Å². The summed E-state index contributed by atoms with van der Waals surface area (Å²) in [7, 11) is 0. The van der Waals surface area contributed by atoms with Crippen LogP contribution in [0.15, 0.2) is 64.1 Å². The van der Waals surface area contributed by atoms with E-state index >= 15 is 0 Å². The number of fused-ring (bicyclic) bond motifs is 1. The van der Waals surface area contributed by atoms with Crippen LogP contribution in [0.5, 0.6) is 0 Å². The number of nitro benzene ring substituents is 1. The van der Waals surface area contributed by atoms with Gasteiger partial charge in [0.2, 0.25) is 0 Å². The molecule has 2 heterocycles. The average molecular weight is 456 g/mol. The van der Waals surface area contributed by atoms with E-state index in [0.29, 0.717) is 16.8 Å². The lowest BCUT2D eigenvalue weighted by atomic mass is 10.0. The van der Waals surface area contributed by atoms with Gasteiger partial charge in [0.1, 0.15) is 4.83 Å². The monoisotopic (exact) mass is 455 g/mol. The van der Waals surface area contributed by atoms with E-state index in [-0.39, 0.29) is 11.2 Å². The van der Waals surface area contributed by atoms with Crippen LogP contribution in [0.25, 0.3) is 21.3 Å². The highest BCUT2D eigenvalue weighted by atomic mass is 79.9. The number of halogens is 1. The minimum atomic E-state index is -0.442. The molecule has 0 aliphatic heterocycles. The maximum Gasteiger partial charge on any atom is 0.269 e. The Balaban J connectivity index is 1.80. The van der Waals surface area contributed by atoms with Crippen LogP contribution in [-0.2, 0) is 6.54 Å². The fourth-order valence-electron chi connectivity index (χ4n) is 3.13. The number of nitro groups is 1. The van der Waals surface area contributed by atoms with Crippen molar-refractivity contribution in [3.8, 4) is 11.1 Å². The number of hydrogen-bond donors (Lipinski definition) is 0. The molecule has 8 heteroatoms. The molecule has 0 saturated carbocycles. The smallest absolute Gasteiger partial charge is 0.269 e. The molecule has 0 radical (unpaired) electrons. The van der Waals surface area contributed by atoms with Crippen LogP contribution in [0.2, 0.25) is 0 Å². The van der Waals surface area contributed by atoms with E-state index in [2.05, 4.69) is 20.9 Å². The normalized spacial score (nSPS) is 11.1. The molecule has 2 aromatic heterocycles. The number of aryl methyl sites for hydroxylation is 1. The number of nitrogens with zero attached hydrogens (tertiary/aromatic N) is 3. The van der Waals surface area contributed by atoms with Crippen molar-refractivity contribution in [3.05, 3.63) is 90.2 Å². The summed E-state index contributed by atoms with van der Waals surface area (Å²) < 4.78 is 2.51. The van der Waals surface area contributed by atoms with E-state index < -0.39 is 4.92 Å². The van der Waals surface area contributed by atoms with Crippen molar-refractivity contribution in [2.24, 2.45) is 0 Å². The first-order valence-electron chi connectivity index (χ1n) is 8.42. The lowest BCUT2D eigenvalue weighted by Gasteiger charge is -2.07. The topological polar surface area (TPSA) is 78.0 Å². The summed E-state index contributed by atoms with van der Waals surface area (Å²) in [6, 6.07) is 14.0. The van der Waals surface area contributed by atoms with Crippen molar-refractivity contribution in [3.63, 3.8) is 0 Å². The van der Waals surface area contributed by atoms with Crippen LogP contribution in [-0.4, -0.2) is 14.5 Å². The Morgan fingerprint density at radius 2 is 1.82 bits per heavy atom. The third kappa shape index (κ3) is 3.36. The number of hydrogen-bond acceptors (Lipinski definition) is 5. The maximum atomic E-state index is 13.2. The van der Waals surface area contributed by atoms with Crippen LogP contribution in [0.1, 0.15) is 10.4 Å². The second-order valence-corrected chi connectivity index (χ2v) is 8.44. The molecule has 0 amide bonds. The molecule has 0 fully saturated rings. The average Bonchev–Trinajstić information content (AvgIpc) is 3.02. The first-order chi connectivity index (χ1) is 13.4. The molecule has 0 bridgehead atoms. The van der Waals surface area contributed by atoms with Gasteiger partial charge >= 0.3 is 0 Å². The molecule has 0 saturated heterocycles. The third-order valence-corrected chi connectivity index (χ3v) is 6.03. The molecule has 0 unspecified atom stereocenters. The maximum absolute atomic E-state index is 13.2. The summed E-state index contributed by atoms with van der Waals surface area (Å²) in [6.45, 7) is 2.29. The molecule has 0 aliphatic rings. The zero-order chi connectivity index (χ0) is 19.8. The molecule has 6 nitrogen and oxygen atoms in total. The Bertz CT molecular complexity index is 1240. The Morgan fingerprint density at radius 3 is 2.46 bits per heavy atom. The first-order valence-corrected chi connectivity index (χ1v) is 10.0. The van der Waals surface area contributed by atoms with Gasteiger partial charge in [-0.2, -0.15) is 0 Å². The Kier molecular flexibility index (Phi) is 4.82. The molecule has 0 N–H and O–H groups in total. The second kappa shape index (κ2) is 7.29. The van der Waals surface area contributed by atoms with E-state index in [1.807, 2.05) is 31.2 Å². The van der Waals surface area contributed by atoms with Gasteiger partial charge in [0.25, 0.3) is 11.2 Å². The second-order valence-electron chi connectivity index (χ2n) is 6.32. The SMILES string of the molecule is Cc1sc2ncn(Cc3ccc([N+](=O)[O-])cc3)c(=O)c2c1-c1ccc(Br)cc1. The van der Waals surface area contributed by atoms with Crippen molar-refractivity contribution in [1.82, 2.24) is 9.55 Å². The molecule has 4 aromatic rings. The highest BCUT2D eigenvalue weighted by Gasteiger charge is 2.17. The van der Waals surface area contributed by atoms with Crippen LogP contribution in [0, 0.1) is 17.0 Å². The standard InChI is InChI=1S/C20H14BrN3O3S/c1-12-17(14-4-6-15(21)7-5-14)18-19(28-12)22-11-23(20(18)25)10-13-2-8-16(9-3-13)24(26)27/h2-9,11H,10H2,1H3. The molecule has 0 aliphatic carbocycles. The molecule has 0 atom stereocenters. The van der Waals surface area contributed by atoms with Gasteiger partial charge in [-0.15, -0.1) is 11.3 Å². The Hall–Kier alpha value is -2.84. The molecule has 2 aromatic carbocycles. The number of aromatic nitrogens is 2. The van der Waals surface area contributed by atoms with Crippen LogP contribution in [0.4, 0.5) is 5.69 Å². The number of rotatable bonds is 4. The minimum Gasteiger partial charge on any atom is -0.294 e. The molecule has 4 rings (SSSR count). The summed E-state index contributed by atoms with van der Waals surface area (Å²) >= 11 is 4.94. The van der Waals surface area contributed by atoms with Crippen molar-refractivity contribution in [2.45, 2.75) is 13.5 Å². The third-order valence-electron chi connectivity index (χ3n) is 4.49. The van der Waals surface area contributed by atoms with Crippen LogP contribution >= 0.6 is 27.3 Å². The largest absolute Gasteiger partial charge is 0.294 e. The van der Waals surface area contributed by atoms with Gasteiger partial charge in [-0.3, -0.25) is 19.5 Å². The van der Waals surface area contributed by atoms with Crippen molar-refractivity contribution < 1.29 is 4.92 Å². The van der Waals surface area contributed by atoms with Crippen LogP contribution in [0.3, 0.4) is 0 Å². The van der Waals surface area contributed by atoms with E-state index in [0.717, 1.165) is 26.0 Å². The number of thiophene rings is 1. The first kappa shape index (κ1) is 18.5. The zero-order valence-corrected chi connectivity index (χ0v) is 17.2. The van der Waals surface area contributed by atoms with Gasteiger partial charge in [-0.25, -0.2) is 4.98 Å². The van der Waals surface area contributed by atoms with Crippen molar-refractivity contribution in [1.29, 1.82) is 0 Å². The molecule has 28 heavy (non-hydrogen) atoms. The molecular formula is C20H14BrN3O3S. The summed E-state index contributed by atoms with van der Waals surface area (Å²) in [4.78, 5) is 29.8. The van der Waals surface area contributed by atoms with Gasteiger partial charge in [-0.05, 0) is 30.2 Å². The van der Waals surface area contributed by atoms with Gasteiger partial charge in [0, 0.05) is 27.0 Å². The molecular weight excluding hydrogens is 442 g/mol. The zero-order valence-electron chi connectivity index (χ0n) is 14.8. The minimum absolute atomic E-state index is 0.0238. The van der Waals surface area contributed by atoms with Gasteiger partial charge < -0.3 is 0 Å². The van der Waals surface area contributed by atoms with Crippen molar-refractivity contribution in [2.75, 3.05) is 0 Å². The Labute approximate surface area is 172 Å². The van der Waals surface area contributed by atoms with E-state index in [9.17, 15) is 14.9 Å². The van der Waals surface area contributed by atoms with Gasteiger partial charge in [0.05, 0.1) is 23.2 Å². The van der Waals surface area contributed by atoms with E-state index in [4.69, 9.17) is 0 Å². The Morgan fingerprint density at radius 1 is 1.14 bits per heavy atom. The predicted octanol–water partition coefficient (Wildman–Crippen LogP) is 5.15. The lowest BCUT2D eigenvalue weighted by Crippen LogP contribution is -2.21.